The van der Waals surface area contributed by atoms with E-state index in [1.807, 2.05) is 13.0 Å². The zero-order valence-corrected chi connectivity index (χ0v) is 9.59. The molecule has 0 aliphatic carbocycles. The van der Waals surface area contributed by atoms with Gasteiger partial charge in [-0.1, -0.05) is 6.92 Å². The van der Waals surface area contributed by atoms with Crippen LogP contribution in [0.15, 0.2) is 24.8 Å². The Hall–Kier alpha value is -1.95. The highest BCUT2D eigenvalue weighted by Crippen LogP contribution is 2.17. The van der Waals surface area contributed by atoms with Gasteiger partial charge in [0.05, 0.1) is 24.5 Å². The third-order valence-electron chi connectivity index (χ3n) is 2.53. The van der Waals surface area contributed by atoms with Crippen molar-refractivity contribution in [3.8, 4) is 11.3 Å². The van der Waals surface area contributed by atoms with E-state index in [1.54, 1.807) is 12.4 Å². The first-order chi connectivity index (χ1) is 8.33. The summed E-state index contributed by atoms with van der Waals surface area (Å²) >= 11 is 0. The van der Waals surface area contributed by atoms with Crippen molar-refractivity contribution >= 4 is 5.82 Å². The van der Waals surface area contributed by atoms with Crippen molar-refractivity contribution in [3.63, 3.8) is 0 Å². The molecule has 2 aromatic rings. The Bertz CT molecular complexity index is 453. The van der Waals surface area contributed by atoms with E-state index in [9.17, 15) is 0 Å². The van der Waals surface area contributed by atoms with Gasteiger partial charge in [0, 0.05) is 17.8 Å². The number of hydrogen-bond acceptors (Lipinski definition) is 5. The maximum atomic E-state index is 9.12. The predicted molar refractivity (Wildman–Crippen MR) is 64.4 cm³/mol. The molecule has 0 aliphatic rings. The van der Waals surface area contributed by atoms with E-state index in [-0.39, 0.29) is 12.6 Å². The molecule has 6 heteroatoms. The molecule has 0 fully saturated rings. The van der Waals surface area contributed by atoms with Gasteiger partial charge in [0.25, 0.3) is 0 Å². The fraction of sp³-hybridized carbons (Fsp3) is 0.364. The minimum atomic E-state index is 0.0158. The van der Waals surface area contributed by atoms with E-state index in [0.29, 0.717) is 5.82 Å². The summed E-state index contributed by atoms with van der Waals surface area (Å²) in [5.41, 5.74) is 1.71. The first kappa shape index (κ1) is 11.5. The molecule has 90 valence electrons. The molecule has 0 aliphatic heterocycles. The van der Waals surface area contributed by atoms with Gasteiger partial charge in [-0.05, 0) is 6.42 Å². The van der Waals surface area contributed by atoms with Crippen molar-refractivity contribution in [1.82, 2.24) is 20.2 Å². The van der Waals surface area contributed by atoms with E-state index in [1.165, 1.54) is 6.33 Å². The van der Waals surface area contributed by atoms with Gasteiger partial charge in [0.1, 0.15) is 12.1 Å². The Kier molecular flexibility index (Phi) is 3.66. The number of aromatic nitrogens is 4. The van der Waals surface area contributed by atoms with E-state index in [4.69, 9.17) is 5.11 Å². The maximum Gasteiger partial charge on any atom is 0.130 e. The first-order valence-electron chi connectivity index (χ1n) is 5.52. The lowest BCUT2D eigenvalue weighted by Crippen LogP contribution is -2.23. The quantitative estimate of drug-likeness (QED) is 0.718. The summed E-state index contributed by atoms with van der Waals surface area (Å²) < 4.78 is 0. The van der Waals surface area contributed by atoms with Gasteiger partial charge < -0.3 is 10.4 Å². The number of aromatic amines is 1. The molecule has 6 nitrogen and oxygen atoms in total. The maximum absolute atomic E-state index is 9.12. The SMILES string of the molecule is CC[C@@H](CO)Nc1cc(-c2cn[nH]c2)ncn1. The highest BCUT2D eigenvalue weighted by Gasteiger charge is 2.07. The van der Waals surface area contributed by atoms with Crippen LogP contribution in [0.25, 0.3) is 11.3 Å². The number of nitrogens with zero attached hydrogens (tertiary/aromatic N) is 3. The second kappa shape index (κ2) is 5.40. The van der Waals surface area contributed by atoms with Crippen LogP contribution in [0.5, 0.6) is 0 Å². The van der Waals surface area contributed by atoms with Crippen LogP contribution in [0.3, 0.4) is 0 Å². The van der Waals surface area contributed by atoms with E-state index < -0.39 is 0 Å². The number of aliphatic hydroxyl groups excluding tert-OH is 1. The van der Waals surface area contributed by atoms with Crippen LogP contribution in [-0.4, -0.2) is 37.9 Å². The van der Waals surface area contributed by atoms with E-state index in [0.717, 1.165) is 17.7 Å². The molecule has 0 unspecified atom stereocenters. The molecule has 3 N–H and O–H groups in total. The molecule has 1 atom stereocenters. The summed E-state index contributed by atoms with van der Waals surface area (Å²) in [6, 6.07) is 1.85. The Morgan fingerprint density at radius 2 is 2.35 bits per heavy atom. The fourth-order valence-corrected chi connectivity index (χ4v) is 1.47. The number of hydrogen-bond donors (Lipinski definition) is 3. The number of rotatable bonds is 5. The summed E-state index contributed by atoms with van der Waals surface area (Å²) in [5, 5.41) is 18.9. The van der Waals surface area contributed by atoms with Crippen LogP contribution in [0, 0.1) is 0 Å². The highest BCUT2D eigenvalue weighted by molar-refractivity contribution is 5.60. The smallest absolute Gasteiger partial charge is 0.130 e. The Morgan fingerprint density at radius 1 is 1.47 bits per heavy atom. The summed E-state index contributed by atoms with van der Waals surface area (Å²) in [7, 11) is 0. The van der Waals surface area contributed by atoms with Gasteiger partial charge in [0.2, 0.25) is 0 Å². The molecular weight excluding hydrogens is 218 g/mol. The predicted octanol–water partition coefficient (Wildman–Crippen LogP) is 1.05. The lowest BCUT2D eigenvalue weighted by molar-refractivity contribution is 0.271. The van der Waals surface area contributed by atoms with Gasteiger partial charge in [-0.3, -0.25) is 5.10 Å². The molecule has 0 radical (unpaired) electrons. The molecule has 17 heavy (non-hydrogen) atoms. The third kappa shape index (κ3) is 2.79. The van der Waals surface area contributed by atoms with Crippen molar-refractivity contribution < 1.29 is 5.11 Å². The van der Waals surface area contributed by atoms with Crippen LogP contribution in [0.2, 0.25) is 0 Å². The van der Waals surface area contributed by atoms with Gasteiger partial charge in [-0.25, -0.2) is 9.97 Å². The zero-order chi connectivity index (χ0) is 12.1. The Morgan fingerprint density at radius 3 is 3.00 bits per heavy atom. The summed E-state index contributed by atoms with van der Waals surface area (Å²) in [5.74, 6) is 0.706. The molecule has 2 aromatic heterocycles. The van der Waals surface area contributed by atoms with Crippen molar-refractivity contribution in [2.75, 3.05) is 11.9 Å². The molecule has 0 bridgehead atoms. The standard InChI is InChI=1S/C11H15N5O/c1-2-9(6-17)16-11-3-10(12-7-13-11)8-4-14-15-5-8/h3-5,7,9,17H,2,6H2,1H3,(H,14,15)(H,12,13,16)/t9-/m0/s1. The van der Waals surface area contributed by atoms with Gasteiger partial charge in [-0.2, -0.15) is 5.10 Å². The summed E-state index contributed by atoms with van der Waals surface area (Å²) in [6.07, 6.45) is 5.81. The second-order valence-corrected chi connectivity index (χ2v) is 3.71. The lowest BCUT2D eigenvalue weighted by Gasteiger charge is -2.14. The normalized spacial score (nSPS) is 12.4. The van der Waals surface area contributed by atoms with Crippen LogP contribution < -0.4 is 5.32 Å². The largest absolute Gasteiger partial charge is 0.394 e. The molecule has 2 rings (SSSR count). The zero-order valence-electron chi connectivity index (χ0n) is 9.59. The fourth-order valence-electron chi connectivity index (χ4n) is 1.47. The molecular formula is C11H15N5O. The molecule has 0 aromatic carbocycles. The summed E-state index contributed by atoms with van der Waals surface area (Å²) in [6.45, 7) is 2.09. The average Bonchev–Trinajstić information content (AvgIpc) is 2.90. The van der Waals surface area contributed by atoms with Gasteiger partial charge in [-0.15, -0.1) is 0 Å². The molecule has 2 heterocycles. The topological polar surface area (TPSA) is 86.7 Å². The average molecular weight is 233 g/mol. The monoisotopic (exact) mass is 233 g/mol. The minimum absolute atomic E-state index is 0.0158. The lowest BCUT2D eigenvalue weighted by atomic mass is 10.2. The van der Waals surface area contributed by atoms with Gasteiger partial charge >= 0.3 is 0 Å². The number of aliphatic hydroxyl groups is 1. The molecule has 0 saturated carbocycles. The number of nitrogens with one attached hydrogen (secondary N) is 2. The molecule has 0 spiro atoms. The van der Waals surface area contributed by atoms with E-state index in [2.05, 4.69) is 25.5 Å². The van der Waals surface area contributed by atoms with Crippen LogP contribution in [0.4, 0.5) is 5.82 Å². The van der Waals surface area contributed by atoms with E-state index >= 15 is 0 Å². The molecule has 0 saturated heterocycles. The van der Waals surface area contributed by atoms with Crippen LogP contribution in [-0.2, 0) is 0 Å². The Labute approximate surface area is 99.1 Å². The first-order valence-corrected chi connectivity index (χ1v) is 5.52. The van der Waals surface area contributed by atoms with Crippen molar-refractivity contribution in [3.05, 3.63) is 24.8 Å². The van der Waals surface area contributed by atoms with Crippen molar-refractivity contribution in [1.29, 1.82) is 0 Å². The summed E-state index contributed by atoms with van der Waals surface area (Å²) in [4.78, 5) is 8.29. The molecule has 0 amide bonds. The van der Waals surface area contributed by atoms with Crippen molar-refractivity contribution in [2.45, 2.75) is 19.4 Å². The second-order valence-electron chi connectivity index (χ2n) is 3.71. The van der Waals surface area contributed by atoms with Crippen molar-refractivity contribution in [2.24, 2.45) is 0 Å². The van der Waals surface area contributed by atoms with Crippen LogP contribution >= 0.6 is 0 Å². The number of H-pyrrole nitrogens is 1. The van der Waals surface area contributed by atoms with Crippen LogP contribution in [0.1, 0.15) is 13.3 Å². The highest BCUT2D eigenvalue weighted by atomic mass is 16.3. The third-order valence-corrected chi connectivity index (χ3v) is 2.53. The Balaban J connectivity index is 2.17. The number of anilines is 1. The minimum Gasteiger partial charge on any atom is -0.394 e. The van der Waals surface area contributed by atoms with Gasteiger partial charge in [0.15, 0.2) is 0 Å².